The van der Waals surface area contributed by atoms with E-state index in [9.17, 15) is 4.39 Å². The van der Waals surface area contributed by atoms with E-state index in [0.717, 1.165) is 50.5 Å². The molecule has 2 fully saturated rings. The van der Waals surface area contributed by atoms with Gasteiger partial charge in [0.1, 0.15) is 0 Å². The lowest BCUT2D eigenvalue weighted by molar-refractivity contribution is -0.110. The Morgan fingerprint density at radius 1 is 1.35 bits per heavy atom. The number of halogens is 1. The number of hydrogen-bond acceptors (Lipinski definition) is 6. The molecular formula is C19H23FN4O2. The van der Waals surface area contributed by atoms with E-state index < -0.39 is 5.82 Å². The summed E-state index contributed by atoms with van der Waals surface area (Å²) >= 11 is 0. The first kappa shape index (κ1) is 17.1. The summed E-state index contributed by atoms with van der Waals surface area (Å²) in [7, 11) is 0. The Hall–Kier alpha value is -2.28. The highest BCUT2D eigenvalue weighted by molar-refractivity contribution is 5.39. The Labute approximate surface area is 152 Å². The Balaban J connectivity index is 1.54. The molecule has 2 aromatic heterocycles. The normalized spacial score (nSPS) is 25.6. The maximum Gasteiger partial charge on any atom is 0.250 e. The summed E-state index contributed by atoms with van der Waals surface area (Å²) in [6.07, 6.45) is 4.49. The summed E-state index contributed by atoms with van der Waals surface area (Å²) in [6, 6.07) is 6.90. The van der Waals surface area contributed by atoms with E-state index in [1.807, 2.05) is 19.1 Å². The molecule has 0 saturated carbocycles. The summed E-state index contributed by atoms with van der Waals surface area (Å²) in [4.78, 5) is 6.24. The fourth-order valence-corrected chi connectivity index (χ4v) is 3.95. The van der Waals surface area contributed by atoms with Gasteiger partial charge in [0.15, 0.2) is 11.6 Å². The number of fused-ring (bicyclic) bond motifs is 1. The Morgan fingerprint density at radius 2 is 2.27 bits per heavy atom. The predicted octanol–water partition coefficient (Wildman–Crippen LogP) is 2.77. The van der Waals surface area contributed by atoms with Crippen LogP contribution in [0.2, 0.25) is 0 Å². The Bertz CT molecular complexity index is 757. The van der Waals surface area contributed by atoms with Gasteiger partial charge in [0.2, 0.25) is 5.88 Å². The molecule has 0 bridgehead atoms. The first-order chi connectivity index (χ1) is 12.7. The van der Waals surface area contributed by atoms with Gasteiger partial charge in [-0.15, -0.1) is 5.10 Å². The van der Waals surface area contributed by atoms with Crippen LogP contribution in [-0.2, 0) is 4.74 Å². The van der Waals surface area contributed by atoms with E-state index in [2.05, 4.69) is 20.1 Å². The van der Waals surface area contributed by atoms with E-state index in [1.54, 1.807) is 12.3 Å². The zero-order chi connectivity index (χ0) is 18.0. The number of piperidine rings is 1. The van der Waals surface area contributed by atoms with Gasteiger partial charge in [-0.05, 0) is 50.5 Å². The van der Waals surface area contributed by atoms with Gasteiger partial charge in [-0.1, -0.05) is 0 Å². The fraction of sp³-hybridized carbons (Fsp3) is 0.526. The van der Waals surface area contributed by atoms with Crippen LogP contribution < -0.4 is 9.64 Å². The topological polar surface area (TPSA) is 60.4 Å². The number of aromatic nitrogens is 3. The minimum atomic E-state index is -0.436. The lowest BCUT2D eigenvalue weighted by atomic mass is 9.73. The molecule has 2 aliphatic rings. The van der Waals surface area contributed by atoms with Gasteiger partial charge in [-0.2, -0.15) is 5.10 Å². The van der Waals surface area contributed by atoms with Crippen LogP contribution in [-0.4, -0.2) is 47.6 Å². The second-order valence-electron chi connectivity index (χ2n) is 7.15. The Kier molecular flexibility index (Phi) is 4.72. The first-order valence-corrected chi connectivity index (χ1v) is 9.06. The van der Waals surface area contributed by atoms with E-state index in [-0.39, 0.29) is 17.4 Å². The molecule has 0 radical (unpaired) electrons. The van der Waals surface area contributed by atoms with Gasteiger partial charge < -0.3 is 14.4 Å². The van der Waals surface area contributed by atoms with Crippen LogP contribution in [0.4, 0.5) is 10.2 Å². The molecule has 0 aromatic carbocycles. The van der Waals surface area contributed by atoms with Crippen LogP contribution >= 0.6 is 0 Å². The molecule has 4 rings (SSSR count). The van der Waals surface area contributed by atoms with Crippen LogP contribution in [0, 0.1) is 18.2 Å². The third-order valence-electron chi connectivity index (χ3n) is 5.32. The van der Waals surface area contributed by atoms with Crippen molar-refractivity contribution in [2.75, 3.05) is 31.2 Å². The summed E-state index contributed by atoms with van der Waals surface area (Å²) in [5.41, 5.74) is 0.695. The van der Waals surface area contributed by atoms with Crippen molar-refractivity contribution >= 4 is 5.82 Å². The van der Waals surface area contributed by atoms with Gasteiger partial charge in [0, 0.05) is 31.3 Å². The molecule has 0 amide bonds. The number of ether oxygens (including phenoxy) is 2. The number of anilines is 1. The van der Waals surface area contributed by atoms with Crippen molar-refractivity contribution in [2.24, 2.45) is 5.41 Å². The number of pyridine rings is 1. The smallest absolute Gasteiger partial charge is 0.250 e. The average Bonchev–Trinajstić information content (AvgIpc) is 2.67. The zero-order valence-electron chi connectivity index (χ0n) is 14.9. The van der Waals surface area contributed by atoms with Gasteiger partial charge >= 0.3 is 0 Å². The molecule has 6 nitrogen and oxygen atoms in total. The lowest BCUT2D eigenvalue weighted by Crippen LogP contribution is -2.57. The van der Waals surface area contributed by atoms with Gasteiger partial charge in [-0.25, -0.2) is 9.37 Å². The van der Waals surface area contributed by atoms with Crippen molar-refractivity contribution in [3.63, 3.8) is 0 Å². The highest BCUT2D eigenvalue weighted by Crippen LogP contribution is 2.41. The van der Waals surface area contributed by atoms with E-state index in [0.29, 0.717) is 6.61 Å². The van der Waals surface area contributed by atoms with Crippen LogP contribution in [0.5, 0.6) is 5.88 Å². The number of aryl methyl sites for hydroxylation is 1. The maximum absolute atomic E-state index is 13.9. The largest absolute Gasteiger partial charge is 0.475 e. The van der Waals surface area contributed by atoms with Crippen LogP contribution in [0.15, 0.2) is 30.5 Å². The maximum atomic E-state index is 13.9. The molecule has 0 spiro atoms. The summed E-state index contributed by atoms with van der Waals surface area (Å²) in [6.45, 7) is 4.69. The number of rotatable bonds is 4. The monoisotopic (exact) mass is 358 g/mol. The molecule has 2 aromatic rings. The SMILES string of the molecule is Cc1ccc(N2CC[C@@H]3OCCC[C@@]3(COc3ncccc3F)C2)nn1. The van der Waals surface area contributed by atoms with Crippen LogP contribution in [0.25, 0.3) is 0 Å². The molecule has 7 heteroatoms. The minimum Gasteiger partial charge on any atom is -0.475 e. The molecule has 2 atom stereocenters. The zero-order valence-corrected chi connectivity index (χ0v) is 14.9. The molecule has 26 heavy (non-hydrogen) atoms. The summed E-state index contributed by atoms with van der Waals surface area (Å²) < 4.78 is 25.8. The van der Waals surface area contributed by atoms with Crippen LogP contribution in [0.1, 0.15) is 25.0 Å². The molecule has 2 aliphatic heterocycles. The second kappa shape index (κ2) is 7.15. The number of hydrogen-bond donors (Lipinski definition) is 0. The highest BCUT2D eigenvalue weighted by Gasteiger charge is 2.47. The van der Waals surface area contributed by atoms with Crippen molar-refractivity contribution in [1.82, 2.24) is 15.2 Å². The van der Waals surface area contributed by atoms with Crippen molar-refractivity contribution in [3.8, 4) is 5.88 Å². The van der Waals surface area contributed by atoms with Gasteiger partial charge in [-0.3, -0.25) is 0 Å². The van der Waals surface area contributed by atoms with Gasteiger partial charge in [0.05, 0.1) is 18.4 Å². The molecule has 2 saturated heterocycles. The molecule has 0 aliphatic carbocycles. The lowest BCUT2D eigenvalue weighted by Gasteiger charge is -2.50. The average molecular weight is 358 g/mol. The molecule has 138 valence electrons. The van der Waals surface area contributed by atoms with Crippen molar-refractivity contribution < 1.29 is 13.9 Å². The van der Waals surface area contributed by atoms with E-state index >= 15 is 0 Å². The third kappa shape index (κ3) is 3.35. The van der Waals surface area contributed by atoms with E-state index in [4.69, 9.17) is 9.47 Å². The highest BCUT2D eigenvalue weighted by atomic mass is 19.1. The first-order valence-electron chi connectivity index (χ1n) is 9.06. The fourth-order valence-electron chi connectivity index (χ4n) is 3.95. The van der Waals surface area contributed by atoms with Crippen molar-refractivity contribution in [3.05, 3.63) is 42.0 Å². The Morgan fingerprint density at radius 3 is 3.08 bits per heavy atom. The van der Waals surface area contributed by atoms with Crippen LogP contribution in [0.3, 0.4) is 0 Å². The van der Waals surface area contributed by atoms with Gasteiger partial charge in [0.25, 0.3) is 0 Å². The predicted molar refractivity (Wildman–Crippen MR) is 94.7 cm³/mol. The quantitative estimate of drug-likeness (QED) is 0.838. The van der Waals surface area contributed by atoms with Crippen molar-refractivity contribution in [2.45, 2.75) is 32.3 Å². The van der Waals surface area contributed by atoms with Crippen molar-refractivity contribution in [1.29, 1.82) is 0 Å². The molecule has 4 heterocycles. The second-order valence-corrected chi connectivity index (χ2v) is 7.15. The molecule has 0 unspecified atom stereocenters. The van der Waals surface area contributed by atoms with E-state index in [1.165, 1.54) is 6.07 Å². The molecule has 0 N–H and O–H groups in total. The summed E-state index contributed by atoms with van der Waals surface area (Å²) in [5.74, 6) is 0.482. The molecular weight excluding hydrogens is 335 g/mol. The minimum absolute atomic E-state index is 0.0541. The third-order valence-corrected chi connectivity index (χ3v) is 5.32. The number of nitrogens with zero attached hydrogens (tertiary/aromatic N) is 4. The summed E-state index contributed by atoms with van der Waals surface area (Å²) in [5, 5.41) is 8.50. The standard InChI is InChI=1S/C19H23FN4O2/c1-14-5-6-17(23-22-14)24-10-7-16-19(12-24,8-3-11-25-16)13-26-18-15(20)4-2-9-21-18/h2,4-6,9,16H,3,7-8,10-13H2,1H3/t16-,19-/m0/s1.